The van der Waals surface area contributed by atoms with Crippen molar-refractivity contribution in [1.29, 1.82) is 0 Å². The smallest absolute Gasteiger partial charge is 0.319 e. The third-order valence-corrected chi connectivity index (χ3v) is 12.0. The van der Waals surface area contributed by atoms with Crippen LogP contribution in [0.4, 0.5) is 19.0 Å². The predicted octanol–water partition coefficient (Wildman–Crippen LogP) is 2.67. The highest BCUT2D eigenvalue weighted by atomic mass is 19.1. The lowest BCUT2D eigenvalue weighted by molar-refractivity contribution is -0.936. The number of terminal acetylenes is 1. The van der Waals surface area contributed by atoms with Crippen LogP contribution in [-0.4, -0.2) is 95.6 Å². The van der Waals surface area contributed by atoms with E-state index < -0.39 is 17.8 Å². The standard InChI is InChI=1S/C40H42F3N7O3/c1-3-29-32(42)11-8-24-16-28(51)17-30(34(24)29)36-35(43)37-31(19-45-36)38(47-39(46-37)53-23-40-12-7-14-49(40)20-25(41)18-40)48-21-26-9-10-27(22-48)50(26)15-6-5-13-44-33(52)4-2/h1,4,8,11,16-17,19,25-27,51H,2,5-7,9-10,12-15,18,20-23H2,(H,44,52)/p+2/t25-,26?,27?,40+/m1/s1. The number of nitrogens with one attached hydrogen (secondary N) is 3. The molecule has 276 valence electrons. The summed E-state index contributed by atoms with van der Waals surface area (Å²) >= 11 is 0. The molecule has 13 heteroatoms. The number of piperazine rings is 1. The molecule has 0 radical (unpaired) electrons. The summed E-state index contributed by atoms with van der Waals surface area (Å²) in [4.78, 5) is 30.5. The van der Waals surface area contributed by atoms with E-state index in [0.717, 1.165) is 51.6 Å². The zero-order valence-corrected chi connectivity index (χ0v) is 29.6. The van der Waals surface area contributed by atoms with Crippen LogP contribution in [-0.2, 0) is 4.79 Å². The van der Waals surface area contributed by atoms with E-state index in [-0.39, 0.29) is 57.5 Å². The van der Waals surface area contributed by atoms with Crippen molar-refractivity contribution < 1.29 is 37.6 Å². The van der Waals surface area contributed by atoms with Crippen LogP contribution in [0, 0.1) is 24.0 Å². The van der Waals surface area contributed by atoms with Crippen LogP contribution in [0.15, 0.2) is 43.1 Å². The van der Waals surface area contributed by atoms with Crippen molar-refractivity contribution in [3.8, 4) is 35.4 Å². The fraction of sp³-hybridized carbons (Fsp3) is 0.450. The summed E-state index contributed by atoms with van der Waals surface area (Å²) in [7, 11) is 0. The molecule has 2 bridgehead atoms. The van der Waals surface area contributed by atoms with Crippen LogP contribution >= 0.6 is 0 Å². The van der Waals surface area contributed by atoms with Gasteiger partial charge in [-0.3, -0.25) is 9.78 Å². The first-order valence-corrected chi connectivity index (χ1v) is 18.6. The molecule has 8 rings (SSSR count). The van der Waals surface area contributed by atoms with Crippen molar-refractivity contribution in [3.05, 3.63) is 60.3 Å². The van der Waals surface area contributed by atoms with Gasteiger partial charge in [-0.15, -0.1) is 6.42 Å². The SMILES string of the molecule is C#Cc1c(F)ccc2cc(O)cc(-c3ncc4c(N5CC6CCC(C5)[NH+]6CCCCNC(=O)C=C)nc(OC[C@@]56CCC[NH+]5C[C@H](F)C6)nc4c3F)c12. The quantitative estimate of drug-likeness (QED) is 0.107. The van der Waals surface area contributed by atoms with Gasteiger partial charge in [-0.05, 0) is 42.5 Å². The minimum absolute atomic E-state index is 0.00584. The lowest BCUT2D eigenvalue weighted by atomic mass is 9.95. The van der Waals surface area contributed by atoms with Gasteiger partial charge in [0.05, 0.1) is 37.1 Å². The molecule has 2 aromatic carbocycles. The summed E-state index contributed by atoms with van der Waals surface area (Å²) in [6, 6.07) is 6.16. The van der Waals surface area contributed by atoms with Crippen molar-refractivity contribution in [2.45, 2.75) is 68.7 Å². The third-order valence-electron chi connectivity index (χ3n) is 12.0. The third kappa shape index (κ3) is 6.42. The Labute approximate surface area is 306 Å². The van der Waals surface area contributed by atoms with Gasteiger partial charge in [-0.2, -0.15) is 9.97 Å². The highest BCUT2D eigenvalue weighted by Gasteiger charge is 2.54. The van der Waals surface area contributed by atoms with Crippen LogP contribution in [0.2, 0.25) is 0 Å². The van der Waals surface area contributed by atoms with Gasteiger partial charge in [0.2, 0.25) is 5.91 Å². The topological polar surface area (TPSA) is 109 Å². The summed E-state index contributed by atoms with van der Waals surface area (Å²) in [6.07, 6.45) is 13.8. The van der Waals surface area contributed by atoms with Gasteiger partial charge in [0.15, 0.2) is 12.0 Å². The second-order valence-corrected chi connectivity index (χ2v) is 15.1. The van der Waals surface area contributed by atoms with Gasteiger partial charge in [0, 0.05) is 55.8 Å². The number of hydrogen-bond acceptors (Lipinski definition) is 7. The fourth-order valence-electron chi connectivity index (χ4n) is 9.56. The Hall–Kier alpha value is -4.93. The van der Waals surface area contributed by atoms with Crippen LogP contribution in [0.5, 0.6) is 11.8 Å². The zero-order valence-electron chi connectivity index (χ0n) is 29.6. The molecule has 4 aliphatic rings. The van der Waals surface area contributed by atoms with Gasteiger partial charge >= 0.3 is 6.01 Å². The van der Waals surface area contributed by atoms with Gasteiger partial charge in [-0.1, -0.05) is 18.6 Å². The Morgan fingerprint density at radius 3 is 2.79 bits per heavy atom. The number of hydrogen-bond donors (Lipinski definition) is 4. The van der Waals surface area contributed by atoms with Gasteiger partial charge in [-0.25, -0.2) is 13.2 Å². The Morgan fingerprint density at radius 2 is 2.02 bits per heavy atom. The molecule has 0 aliphatic carbocycles. The number of nitrogens with zero attached hydrogens (tertiary/aromatic N) is 4. The maximum Gasteiger partial charge on any atom is 0.319 e. The number of amides is 1. The number of ether oxygens (including phenoxy) is 1. The fourth-order valence-corrected chi connectivity index (χ4v) is 9.56. The number of fused-ring (bicyclic) bond motifs is 5. The molecular weight excluding hydrogens is 683 g/mol. The molecule has 5 atom stereocenters. The number of halogens is 3. The molecule has 0 saturated carbocycles. The van der Waals surface area contributed by atoms with Crippen LogP contribution in [0.3, 0.4) is 0 Å². The molecule has 0 spiro atoms. The van der Waals surface area contributed by atoms with Gasteiger partial charge in [0.25, 0.3) is 0 Å². The summed E-state index contributed by atoms with van der Waals surface area (Å²) < 4.78 is 53.0. The zero-order chi connectivity index (χ0) is 36.9. The van der Waals surface area contributed by atoms with E-state index in [2.05, 4.69) is 32.7 Å². The maximum absolute atomic E-state index is 17.0. The van der Waals surface area contributed by atoms with Crippen LogP contribution < -0.4 is 24.8 Å². The van der Waals surface area contributed by atoms with E-state index in [4.69, 9.17) is 16.1 Å². The first-order chi connectivity index (χ1) is 25.7. The number of unbranched alkanes of at least 4 members (excludes halogenated alkanes) is 1. The molecule has 10 nitrogen and oxygen atoms in total. The molecule has 6 heterocycles. The van der Waals surface area contributed by atoms with Gasteiger partial charge in [0.1, 0.15) is 59.4 Å². The van der Waals surface area contributed by atoms with Crippen LogP contribution in [0.25, 0.3) is 32.9 Å². The number of aromatic hydroxyl groups is 1. The summed E-state index contributed by atoms with van der Waals surface area (Å²) in [6.45, 7) is 8.04. The highest BCUT2D eigenvalue weighted by molar-refractivity contribution is 6.03. The number of phenolic OH excluding ortho intramolecular Hbond substituents is 1. The maximum atomic E-state index is 17.0. The molecule has 1 amide bonds. The Kier molecular flexibility index (Phi) is 9.37. The molecule has 4 aliphatic heterocycles. The number of benzene rings is 2. The monoisotopic (exact) mass is 727 g/mol. The number of quaternary nitrogens is 2. The number of carbonyl (C=O) groups is 1. The highest BCUT2D eigenvalue weighted by Crippen LogP contribution is 2.39. The van der Waals surface area contributed by atoms with Crippen molar-refractivity contribution in [2.24, 2.45) is 0 Å². The molecule has 4 N–H and O–H groups in total. The average Bonchev–Trinajstić information content (AvgIpc) is 3.75. The van der Waals surface area contributed by atoms with Crippen molar-refractivity contribution >= 4 is 33.4 Å². The molecule has 2 aromatic heterocycles. The minimum Gasteiger partial charge on any atom is -0.508 e. The Bertz CT molecular complexity index is 2130. The normalized spacial score (nSPS) is 26.2. The first kappa shape index (κ1) is 35.1. The molecule has 4 aromatic rings. The Balaban J connectivity index is 1.15. The number of aromatic nitrogens is 3. The molecular formula is C40H44F3N7O3+2. The van der Waals surface area contributed by atoms with E-state index in [1.807, 2.05) is 0 Å². The number of carbonyl (C=O) groups excluding carboxylic acids is 1. The summed E-state index contributed by atoms with van der Waals surface area (Å²) in [5.74, 6) is 1.16. The van der Waals surface area contributed by atoms with E-state index in [9.17, 15) is 18.7 Å². The first-order valence-electron chi connectivity index (χ1n) is 18.6. The van der Waals surface area contributed by atoms with Crippen molar-refractivity contribution in [3.63, 3.8) is 0 Å². The molecule has 4 fully saturated rings. The van der Waals surface area contributed by atoms with E-state index >= 15 is 4.39 Å². The number of alkyl halides is 1. The van der Waals surface area contributed by atoms with Gasteiger partial charge < -0.3 is 29.9 Å². The molecule has 53 heavy (non-hydrogen) atoms. The number of anilines is 1. The van der Waals surface area contributed by atoms with E-state index in [1.54, 1.807) is 0 Å². The minimum atomic E-state index is -0.900. The molecule has 3 unspecified atom stereocenters. The lowest BCUT2D eigenvalue weighted by Crippen LogP contribution is -3.19. The Morgan fingerprint density at radius 1 is 1.21 bits per heavy atom. The molecule has 4 saturated heterocycles. The predicted molar refractivity (Wildman–Crippen MR) is 195 cm³/mol. The van der Waals surface area contributed by atoms with Crippen molar-refractivity contribution in [1.82, 2.24) is 20.3 Å². The summed E-state index contributed by atoms with van der Waals surface area (Å²) in [5, 5.41) is 14.6. The second-order valence-electron chi connectivity index (χ2n) is 15.1. The average molecular weight is 728 g/mol. The van der Waals surface area contributed by atoms with Crippen molar-refractivity contribution in [2.75, 3.05) is 50.8 Å². The largest absolute Gasteiger partial charge is 0.508 e. The number of rotatable bonds is 11. The lowest BCUT2D eigenvalue weighted by Gasteiger charge is -2.39. The van der Waals surface area contributed by atoms with E-state index in [0.29, 0.717) is 61.3 Å². The van der Waals surface area contributed by atoms with E-state index in [1.165, 1.54) is 46.3 Å². The number of phenols is 1. The van der Waals surface area contributed by atoms with Crippen LogP contribution in [0.1, 0.15) is 50.5 Å². The second kappa shape index (κ2) is 14.1. The number of pyridine rings is 1. The summed E-state index contributed by atoms with van der Waals surface area (Å²) in [5.41, 5.74) is -0.460.